The van der Waals surface area contributed by atoms with Gasteiger partial charge in [0.05, 0.1) is 41.0 Å². The summed E-state index contributed by atoms with van der Waals surface area (Å²) in [5.74, 6) is -0.178. The van der Waals surface area contributed by atoms with Crippen molar-refractivity contribution in [3.8, 4) is 17.1 Å². The first kappa shape index (κ1) is 32.0. The van der Waals surface area contributed by atoms with Crippen molar-refractivity contribution in [1.82, 2.24) is 24.8 Å². The molecule has 43 heavy (non-hydrogen) atoms. The molecule has 0 saturated carbocycles. The Kier molecular flexibility index (Phi) is 10.5. The highest BCUT2D eigenvalue weighted by molar-refractivity contribution is 6.00. The Bertz CT molecular complexity index is 1430. The second-order valence-corrected chi connectivity index (χ2v) is 10.1. The number of likely N-dealkylation sites (N-methyl/N-ethyl adjacent to an activating group) is 1. The summed E-state index contributed by atoms with van der Waals surface area (Å²) in [5.41, 5.74) is 0.0174. The third-order valence-corrected chi connectivity index (χ3v) is 7.07. The van der Waals surface area contributed by atoms with Gasteiger partial charge in [-0.25, -0.2) is 19.2 Å². The molecule has 0 atom stereocenters. The number of urea groups is 1. The Morgan fingerprint density at radius 3 is 2.33 bits per heavy atom. The lowest BCUT2D eigenvalue weighted by atomic mass is 10.0. The first-order valence-electron chi connectivity index (χ1n) is 13.8. The van der Waals surface area contributed by atoms with Gasteiger partial charge in [0.15, 0.2) is 5.82 Å². The number of aromatic nitrogens is 3. The molecule has 1 aromatic carbocycles. The third-order valence-electron chi connectivity index (χ3n) is 7.07. The second-order valence-electron chi connectivity index (χ2n) is 10.1. The van der Waals surface area contributed by atoms with E-state index in [4.69, 9.17) is 9.47 Å². The quantitative estimate of drug-likeness (QED) is 0.243. The Morgan fingerprint density at radius 1 is 0.977 bits per heavy atom. The summed E-state index contributed by atoms with van der Waals surface area (Å²) in [6.07, 6.45) is -1.82. The average molecular weight is 606 g/mol. The lowest BCUT2D eigenvalue weighted by molar-refractivity contribution is -0.138. The average Bonchev–Trinajstić information content (AvgIpc) is 2.95. The zero-order valence-corrected chi connectivity index (χ0v) is 24.5. The van der Waals surface area contributed by atoms with Crippen LogP contribution in [0.4, 0.5) is 33.7 Å². The number of hydrogen-bond acceptors (Lipinski definition) is 8. The number of alkyl halides is 3. The molecular formula is C29H35F4N7O3. The normalized spacial score (nSPS) is 14.5. The number of carbonyl (C=O) groups is 1. The highest BCUT2D eigenvalue weighted by Gasteiger charge is 2.35. The summed E-state index contributed by atoms with van der Waals surface area (Å²) in [6, 6.07) is 2.27. The van der Waals surface area contributed by atoms with E-state index in [2.05, 4.69) is 30.5 Å². The predicted octanol–water partition coefficient (Wildman–Crippen LogP) is 5.12. The van der Waals surface area contributed by atoms with Crippen LogP contribution in [0.25, 0.3) is 11.4 Å². The Balaban J connectivity index is 1.48. The highest BCUT2D eigenvalue weighted by atomic mass is 19.4. The Hall–Kier alpha value is -3.88. The van der Waals surface area contributed by atoms with Crippen LogP contribution in [-0.2, 0) is 17.5 Å². The van der Waals surface area contributed by atoms with Crippen molar-refractivity contribution in [3.63, 3.8) is 0 Å². The molecule has 0 radical (unpaired) electrons. The molecule has 3 aromatic rings. The fraction of sp³-hybridized carbons (Fsp3) is 0.448. The maximum absolute atomic E-state index is 15.0. The number of amides is 2. The molecule has 2 aromatic heterocycles. The number of benzene rings is 1. The van der Waals surface area contributed by atoms with Crippen LogP contribution in [0, 0.1) is 19.7 Å². The lowest BCUT2D eigenvalue weighted by Gasteiger charge is -2.34. The molecule has 0 bridgehead atoms. The molecular weight excluding hydrogens is 570 g/mol. The van der Waals surface area contributed by atoms with E-state index in [0.29, 0.717) is 49.4 Å². The first-order chi connectivity index (χ1) is 20.5. The number of piperazine rings is 1. The molecule has 0 unspecified atom stereocenters. The minimum atomic E-state index is -4.74. The molecule has 1 fully saturated rings. The number of aryl methyl sites for hydroxylation is 2. The number of anilines is 2. The summed E-state index contributed by atoms with van der Waals surface area (Å²) < 4.78 is 67.7. The van der Waals surface area contributed by atoms with Crippen molar-refractivity contribution in [3.05, 3.63) is 58.9 Å². The van der Waals surface area contributed by atoms with Crippen LogP contribution in [0.1, 0.15) is 29.4 Å². The zero-order valence-electron chi connectivity index (χ0n) is 24.5. The van der Waals surface area contributed by atoms with E-state index in [0.717, 1.165) is 31.4 Å². The molecule has 1 aliphatic heterocycles. The van der Waals surface area contributed by atoms with Crippen molar-refractivity contribution in [2.45, 2.75) is 33.5 Å². The van der Waals surface area contributed by atoms with E-state index in [1.165, 1.54) is 6.20 Å². The van der Waals surface area contributed by atoms with Gasteiger partial charge in [-0.1, -0.05) is 6.92 Å². The molecule has 14 heteroatoms. The Labute approximate surface area is 247 Å². The summed E-state index contributed by atoms with van der Waals surface area (Å²) >= 11 is 0. The topological polar surface area (TPSA) is 105 Å². The molecule has 0 spiro atoms. The summed E-state index contributed by atoms with van der Waals surface area (Å²) in [5, 5.41) is 4.67. The second kappa shape index (κ2) is 14.1. The monoisotopic (exact) mass is 605 g/mol. The SMILES string of the molecule is CCN1CCN(Cc2cc(F)c(NC(=O)Nc3cnc(-c4cnc(C)cc4OCCOC)nc3C)cc2C(F)(F)F)CC1. The number of pyridine rings is 1. The van der Waals surface area contributed by atoms with Gasteiger partial charge in [-0.05, 0) is 38.1 Å². The number of nitrogens with one attached hydrogen (secondary N) is 2. The number of carbonyl (C=O) groups excluding carboxylic acids is 1. The summed E-state index contributed by atoms with van der Waals surface area (Å²) in [4.78, 5) is 29.8. The van der Waals surface area contributed by atoms with Gasteiger partial charge < -0.3 is 25.0 Å². The standard InChI is InChI=1S/C29H35F4N7O3/c1-5-39-6-8-40(9-7-39)17-20-13-23(30)24(14-22(20)29(31,32)33)37-28(41)38-25-16-35-27(36-19(25)3)21-15-34-18(2)12-26(21)43-11-10-42-4/h12-16H,5-11,17H2,1-4H3,(H2,37,38,41). The molecule has 1 saturated heterocycles. The number of nitrogens with zero attached hydrogens (tertiary/aromatic N) is 5. The molecule has 3 heterocycles. The van der Waals surface area contributed by atoms with E-state index < -0.39 is 29.3 Å². The van der Waals surface area contributed by atoms with Crippen LogP contribution in [0.2, 0.25) is 0 Å². The van der Waals surface area contributed by atoms with E-state index in [9.17, 15) is 22.4 Å². The van der Waals surface area contributed by atoms with Crippen LogP contribution < -0.4 is 15.4 Å². The van der Waals surface area contributed by atoms with Gasteiger partial charge in [0.25, 0.3) is 0 Å². The van der Waals surface area contributed by atoms with E-state index in [1.54, 1.807) is 26.3 Å². The number of ether oxygens (including phenoxy) is 2. The van der Waals surface area contributed by atoms with Gasteiger partial charge in [-0.15, -0.1) is 0 Å². The van der Waals surface area contributed by atoms with Crippen molar-refractivity contribution < 1.29 is 31.8 Å². The maximum Gasteiger partial charge on any atom is 0.416 e. The van der Waals surface area contributed by atoms with Crippen LogP contribution in [0.3, 0.4) is 0 Å². The molecule has 10 nitrogen and oxygen atoms in total. The molecule has 232 valence electrons. The van der Waals surface area contributed by atoms with Gasteiger partial charge in [0.2, 0.25) is 0 Å². The van der Waals surface area contributed by atoms with Crippen LogP contribution in [-0.4, -0.2) is 83.8 Å². The van der Waals surface area contributed by atoms with Crippen molar-refractivity contribution in [1.29, 1.82) is 0 Å². The Morgan fingerprint density at radius 2 is 1.67 bits per heavy atom. The predicted molar refractivity (Wildman–Crippen MR) is 154 cm³/mol. The van der Waals surface area contributed by atoms with Gasteiger partial charge in [0, 0.05) is 57.8 Å². The number of rotatable bonds is 10. The number of methoxy groups -OCH3 is 1. The van der Waals surface area contributed by atoms with Gasteiger partial charge in [-0.2, -0.15) is 13.2 Å². The van der Waals surface area contributed by atoms with Crippen molar-refractivity contribution in [2.75, 3.05) is 63.7 Å². The van der Waals surface area contributed by atoms with Crippen LogP contribution in [0.15, 0.2) is 30.6 Å². The molecule has 2 N–H and O–H groups in total. The van der Waals surface area contributed by atoms with Crippen LogP contribution in [0.5, 0.6) is 5.75 Å². The zero-order chi connectivity index (χ0) is 31.1. The van der Waals surface area contributed by atoms with Gasteiger partial charge in [-0.3, -0.25) is 9.88 Å². The van der Waals surface area contributed by atoms with E-state index in [1.807, 2.05) is 18.7 Å². The summed E-state index contributed by atoms with van der Waals surface area (Å²) in [7, 11) is 1.56. The molecule has 4 rings (SSSR count). The lowest BCUT2D eigenvalue weighted by Crippen LogP contribution is -2.45. The number of hydrogen-bond donors (Lipinski definition) is 2. The van der Waals surface area contributed by atoms with Crippen LogP contribution >= 0.6 is 0 Å². The molecule has 2 amide bonds. The number of halogens is 4. The minimum Gasteiger partial charge on any atom is -0.490 e. The van der Waals surface area contributed by atoms with Crippen molar-refractivity contribution in [2.24, 2.45) is 0 Å². The maximum atomic E-state index is 15.0. The van der Waals surface area contributed by atoms with Gasteiger partial charge >= 0.3 is 12.2 Å². The fourth-order valence-electron chi connectivity index (χ4n) is 4.66. The highest BCUT2D eigenvalue weighted by Crippen LogP contribution is 2.36. The minimum absolute atomic E-state index is 0.0473. The van der Waals surface area contributed by atoms with E-state index >= 15 is 0 Å². The molecule has 1 aliphatic rings. The summed E-state index contributed by atoms with van der Waals surface area (Å²) in [6.45, 7) is 9.58. The van der Waals surface area contributed by atoms with Crippen molar-refractivity contribution >= 4 is 17.4 Å². The smallest absolute Gasteiger partial charge is 0.416 e. The van der Waals surface area contributed by atoms with E-state index in [-0.39, 0.29) is 23.6 Å². The fourth-order valence-corrected chi connectivity index (χ4v) is 4.66. The largest absolute Gasteiger partial charge is 0.490 e. The molecule has 0 aliphatic carbocycles. The first-order valence-corrected chi connectivity index (χ1v) is 13.8. The third kappa shape index (κ3) is 8.36. The van der Waals surface area contributed by atoms with Gasteiger partial charge in [0.1, 0.15) is 18.2 Å².